The third kappa shape index (κ3) is 4.42. The van der Waals surface area contributed by atoms with Gasteiger partial charge in [0, 0.05) is 31.4 Å². The molecule has 0 aromatic heterocycles. The van der Waals surface area contributed by atoms with Gasteiger partial charge in [0.25, 0.3) is 0 Å². The van der Waals surface area contributed by atoms with Gasteiger partial charge in [-0.05, 0) is 32.0 Å². The lowest BCUT2D eigenvalue weighted by Crippen LogP contribution is -2.54. The van der Waals surface area contributed by atoms with Crippen LogP contribution in [-0.4, -0.2) is 62.7 Å². The van der Waals surface area contributed by atoms with E-state index >= 15 is 0 Å². The lowest BCUT2D eigenvalue weighted by Gasteiger charge is -2.36. The summed E-state index contributed by atoms with van der Waals surface area (Å²) in [7, 11) is -1.79. The standard InChI is InChI=1S/C17H21F3N2O4S/c1-11-7-22(8-12(2)27(11,25)26)16(24)9-21(3)15-5-4-14(17(18,19)20)6-13(15)10-23/h4-6,10-12H,7-9H2,1-3H3. The Labute approximate surface area is 155 Å². The van der Waals surface area contributed by atoms with Crippen LogP contribution < -0.4 is 4.90 Å². The minimum absolute atomic E-state index is 0.0624. The second kappa shape index (κ2) is 7.49. The number of nitrogens with zero attached hydrogens (tertiary/aromatic N) is 2. The number of hydrogen-bond acceptors (Lipinski definition) is 5. The van der Waals surface area contributed by atoms with Gasteiger partial charge in [-0.3, -0.25) is 9.59 Å². The average Bonchev–Trinajstić information content (AvgIpc) is 2.58. The van der Waals surface area contributed by atoms with E-state index in [9.17, 15) is 31.2 Å². The maximum absolute atomic E-state index is 12.8. The zero-order valence-corrected chi connectivity index (χ0v) is 16.0. The van der Waals surface area contributed by atoms with E-state index in [1.165, 1.54) is 30.7 Å². The highest BCUT2D eigenvalue weighted by Crippen LogP contribution is 2.32. The van der Waals surface area contributed by atoms with E-state index in [1.54, 1.807) is 0 Å². The molecule has 27 heavy (non-hydrogen) atoms. The Balaban J connectivity index is 2.16. The topological polar surface area (TPSA) is 74.8 Å². The van der Waals surface area contributed by atoms with Crippen LogP contribution >= 0.6 is 0 Å². The molecule has 0 radical (unpaired) electrons. The number of carbonyl (C=O) groups excluding carboxylic acids is 2. The van der Waals surface area contributed by atoms with Gasteiger partial charge in [-0.2, -0.15) is 13.2 Å². The molecule has 0 saturated carbocycles. The van der Waals surface area contributed by atoms with Gasteiger partial charge in [-0.1, -0.05) is 0 Å². The lowest BCUT2D eigenvalue weighted by atomic mass is 10.1. The van der Waals surface area contributed by atoms with Gasteiger partial charge < -0.3 is 9.80 Å². The van der Waals surface area contributed by atoms with Crippen molar-refractivity contribution in [1.29, 1.82) is 0 Å². The summed E-state index contributed by atoms with van der Waals surface area (Å²) in [5.74, 6) is -0.358. The molecule has 1 amide bonds. The number of amides is 1. The summed E-state index contributed by atoms with van der Waals surface area (Å²) < 4.78 is 62.4. The van der Waals surface area contributed by atoms with Gasteiger partial charge in [-0.25, -0.2) is 8.42 Å². The fraction of sp³-hybridized carbons (Fsp3) is 0.529. The van der Waals surface area contributed by atoms with Crippen LogP contribution in [0.3, 0.4) is 0 Å². The number of hydrogen-bond donors (Lipinski definition) is 0. The van der Waals surface area contributed by atoms with Gasteiger partial charge in [0.15, 0.2) is 16.1 Å². The number of likely N-dealkylation sites (N-methyl/N-ethyl adjacent to an activating group) is 1. The summed E-state index contributed by atoms with van der Waals surface area (Å²) >= 11 is 0. The minimum atomic E-state index is -4.57. The Kier molecular flexibility index (Phi) is 5.88. The molecule has 6 nitrogen and oxygen atoms in total. The zero-order chi connectivity index (χ0) is 20.6. The molecular weight excluding hydrogens is 385 g/mol. The first-order valence-corrected chi connectivity index (χ1v) is 9.87. The minimum Gasteiger partial charge on any atom is -0.365 e. The van der Waals surface area contributed by atoms with Gasteiger partial charge >= 0.3 is 6.18 Å². The lowest BCUT2D eigenvalue weighted by molar-refractivity contribution is -0.137. The van der Waals surface area contributed by atoms with Crippen LogP contribution in [0.1, 0.15) is 29.8 Å². The highest BCUT2D eigenvalue weighted by Gasteiger charge is 2.37. The van der Waals surface area contributed by atoms with Crippen molar-refractivity contribution in [3.63, 3.8) is 0 Å². The molecule has 1 heterocycles. The van der Waals surface area contributed by atoms with Crippen LogP contribution in [0.4, 0.5) is 18.9 Å². The Morgan fingerprint density at radius 3 is 2.30 bits per heavy atom. The first-order chi connectivity index (χ1) is 12.4. The van der Waals surface area contributed by atoms with Crippen molar-refractivity contribution in [1.82, 2.24) is 4.90 Å². The van der Waals surface area contributed by atoms with E-state index in [4.69, 9.17) is 0 Å². The number of benzene rings is 1. The predicted molar refractivity (Wildman–Crippen MR) is 94.5 cm³/mol. The Hall–Kier alpha value is -2.10. The highest BCUT2D eigenvalue weighted by molar-refractivity contribution is 7.92. The van der Waals surface area contributed by atoms with Crippen molar-refractivity contribution in [3.05, 3.63) is 29.3 Å². The molecule has 0 aliphatic carbocycles. The van der Waals surface area contributed by atoms with E-state index in [2.05, 4.69) is 0 Å². The first-order valence-electron chi connectivity index (χ1n) is 8.26. The summed E-state index contributed by atoms with van der Waals surface area (Å²) in [5, 5.41) is -1.38. The summed E-state index contributed by atoms with van der Waals surface area (Å²) in [4.78, 5) is 26.5. The average molecular weight is 406 g/mol. The molecule has 0 bridgehead atoms. The SMILES string of the molecule is CC1CN(C(=O)CN(C)c2ccc(C(F)(F)F)cc2C=O)CC(C)S1(=O)=O. The zero-order valence-electron chi connectivity index (χ0n) is 15.2. The summed E-state index contributed by atoms with van der Waals surface area (Å²) in [6.07, 6.45) is -4.26. The molecule has 1 aromatic carbocycles. The van der Waals surface area contributed by atoms with Crippen molar-refractivity contribution in [2.45, 2.75) is 30.5 Å². The van der Waals surface area contributed by atoms with Crippen molar-refractivity contribution in [3.8, 4) is 0 Å². The van der Waals surface area contributed by atoms with Crippen LogP contribution in [0.15, 0.2) is 18.2 Å². The van der Waals surface area contributed by atoms with E-state index < -0.39 is 32.1 Å². The third-order valence-electron chi connectivity index (χ3n) is 4.69. The molecule has 1 saturated heterocycles. The second-order valence-corrected chi connectivity index (χ2v) is 9.54. The smallest absolute Gasteiger partial charge is 0.365 e. The Bertz CT molecular complexity index is 821. The molecule has 2 unspecified atom stereocenters. The quantitative estimate of drug-likeness (QED) is 0.715. The molecule has 0 spiro atoms. The number of aldehydes is 1. The van der Waals surface area contributed by atoms with E-state index in [-0.39, 0.29) is 36.8 Å². The summed E-state index contributed by atoms with van der Waals surface area (Å²) in [5.41, 5.74) is -0.933. The maximum Gasteiger partial charge on any atom is 0.416 e. The number of halogens is 3. The van der Waals surface area contributed by atoms with Crippen molar-refractivity contribution in [2.24, 2.45) is 0 Å². The number of alkyl halides is 3. The number of anilines is 1. The maximum atomic E-state index is 12.8. The molecule has 1 aliphatic heterocycles. The van der Waals surface area contributed by atoms with E-state index in [0.717, 1.165) is 18.2 Å². The van der Waals surface area contributed by atoms with Crippen molar-refractivity contribution >= 4 is 27.7 Å². The Morgan fingerprint density at radius 1 is 1.26 bits per heavy atom. The van der Waals surface area contributed by atoms with Crippen molar-refractivity contribution in [2.75, 3.05) is 31.6 Å². The Morgan fingerprint density at radius 2 is 1.81 bits per heavy atom. The molecule has 150 valence electrons. The van der Waals surface area contributed by atoms with E-state index in [1.807, 2.05) is 0 Å². The molecule has 2 atom stereocenters. The van der Waals surface area contributed by atoms with Crippen LogP contribution in [0, 0.1) is 0 Å². The molecule has 0 N–H and O–H groups in total. The largest absolute Gasteiger partial charge is 0.416 e. The fourth-order valence-electron chi connectivity index (χ4n) is 3.06. The highest BCUT2D eigenvalue weighted by atomic mass is 32.2. The van der Waals surface area contributed by atoms with Gasteiger partial charge in [0.1, 0.15) is 0 Å². The molecule has 1 aromatic rings. The molecule has 10 heteroatoms. The molecule has 1 aliphatic rings. The van der Waals surface area contributed by atoms with Crippen molar-refractivity contribution < 1.29 is 31.2 Å². The first kappa shape index (κ1) is 21.2. The van der Waals surface area contributed by atoms with Gasteiger partial charge in [0.2, 0.25) is 5.91 Å². The number of sulfone groups is 1. The van der Waals surface area contributed by atoms with Crippen LogP contribution in [0.2, 0.25) is 0 Å². The predicted octanol–water partition coefficient (Wildman–Crippen LogP) is 1.99. The van der Waals surface area contributed by atoms with E-state index in [0.29, 0.717) is 6.29 Å². The van der Waals surface area contributed by atoms with Crippen LogP contribution in [0.5, 0.6) is 0 Å². The molecule has 2 rings (SSSR count). The summed E-state index contributed by atoms with van der Waals surface area (Å²) in [6, 6.07) is 2.73. The third-order valence-corrected chi connectivity index (χ3v) is 7.24. The number of carbonyl (C=O) groups is 2. The van der Waals surface area contributed by atoms with Gasteiger partial charge in [-0.15, -0.1) is 0 Å². The fourth-order valence-corrected chi connectivity index (χ4v) is 4.63. The number of rotatable bonds is 4. The second-order valence-electron chi connectivity index (χ2n) is 6.75. The molecule has 1 fully saturated rings. The summed E-state index contributed by atoms with van der Waals surface area (Å²) in [6.45, 7) is 3.01. The normalized spacial score (nSPS) is 22.4. The van der Waals surface area contributed by atoms with Crippen LogP contribution in [0.25, 0.3) is 0 Å². The molecular formula is C17H21F3N2O4S. The van der Waals surface area contributed by atoms with Crippen LogP contribution in [-0.2, 0) is 20.8 Å². The van der Waals surface area contributed by atoms with Gasteiger partial charge in [0.05, 0.1) is 22.6 Å². The monoisotopic (exact) mass is 406 g/mol.